The summed E-state index contributed by atoms with van der Waals surface area (Å²) in [5.41, 5.74) is 2.40. The second-order valence-corrected chi connectivity index (χ2v) is 9.98. The molecule has 2 atom stereocenters. The normalized spacial score (nSPS) is 21.6. The van der Waals surface area contributed by atoms with E-state index in [-0.39, 0.29) is 37.0 Å². The number of piperidine rings is 1. The maximum absolute atomic E-state index is 6.46. The van der Waals surface area contributed by atoms with Gasteiger partial charge in [-0.05, 0) is 56.8 Å². The highest BCUT2D eigenvalue weighted by molar-refractivity contribution is 9.11. The molecule has 2 aliphatic rings. The van der Waals surface area contributed by atoms with Gasteiger partial charge in [-0.2, -0.15) is 0 Å². The first-order chi connectivity index (χ1) is 14.0. The number of hydrogen-bond donors (Lipinski definition) is 0. The van der Waals surface area contributed by atoms with Crippen LogP contribution in [0.1, 0.15) is 30.0 Å². The molecule has 0 N–H and O–H groups in total. The number of rotatable bonds is 5. The van der Waals surface area contributed by atoms with Crippen LogP contribution in [0.15, 0.2) is 51.4 Å². The fourth-order valence-corrected chi connectivity index (χ4v) is 5.86. The van der Waals surface area contributed by atoms with Gasteiger partial charge < -0.3 is 14.4 Å². The van der Waals surface area contributed by atoms with Crippen LogP contribution in [-0.2, 0) is 11.3 Å². The van der Waals surface area contributed by atoms with Crippen molar-refractivity contribution >= 4 is 56.7 Å². The molecule has 4 nitrogen and oxygen atoms in total. The second-order valence-electron chi connectivity index (χ2n) is 8.15. The third kappa shape index (κ3) is 6.59. The molecule has 1 saturated heterocycles. The summed E-state index contributed by atoms with van der Waals surface area (Å²) in [5, 5.41) is 0. The SMILES string of the molecule is CN(C)C1CCN([C@@H]2c3ccccc3OC[C@H]2OCc2cc(Br)cc(Br)c2)CC1.Cl.Cl. The van der Waals surface area contributed by atoms with Crippen LogP contribution in [0.5, 0.6) is 5.75 Å². The van der Waals surface area contributed by atoms with Crippen molar-refractivity contribution in [3.63, 3.8) is 0 Å². The lowest BCUT2D eigenvalue weighted by Gasteiger charge is -2.44. The third-order valence-electron chi connectivity index (χ3n) is 6.00. The Hall–Kier alpha value is -0.340. The van der Waals surface area contributed by atoms with Crippen LogP contribution in [0, 0.1) is 0 Å². The zero-order valence-electron chi connectivity index (χ0n) is 17.8. The van der Waals surface area contributed by atoms with Gasteiger partial charge in [-0.1, -0.05) is 50.1 Å². The highest BCUT2D eigenvalue weighted by atomic mass is 79.9. The molecular formula is C23H30Br2Cl2N2O2. The molecule has 2 heterocycles. The first-order valence-electron chi connectivity index (χ1n) is 10.2. The Balaban J connectivity index is 0.00000171. The number of ether oxygens (including phenoxy) is 2. The molecule has 0 saturated carbocycles. The van der Waals surface area contributed by atoms with E-state index in [1.165, 1.54) is 18.4 Å². The van der Waals surface area contributed by atoms with E-state index in [1.807, 2.05) is 12.1 Å². The lowest BCUT2D eigenvalue weighted by Crippen LogP contribution is -2.49. The van der Waals surface area contributed by atoms with Gasteiger partial charge in [0, 0.05) is 33.6 Å². The van der Waals surface area contributed by atoms with E-state index in [2.05, 4.69) is 86.1 Å². The summed E-state index contributed by atoms with van der Waals surface area (Å²) < 4.78 is 14.6. The van der Waals surface area contributed by atoms with Crippen LogP contribution in [-0.4, -0.2) is 55.7 Å². The van der Waals surface area contributed by atoms with Crippen LogP contribution in [0.25, 0.3) is 0 Å². The molecule has 4 rings (SSSR count). The molecule has 0 aromatic heterocycles. The van der Waals surface area contributed by atoms with Gasteiger partial charge in [0.05, 0.1) is 12.6 Å². The van der Waals surface area contributed by atoms with Crippen LogP contribution >= 0.6 is 56.7 Å². The second kappa shape index (κ2) is 12.2. The molecule has 2 aromatic carbocycles. The number of nitrogens with zero attached hydrogens (tertiary/aromatic N) is 2. The summed E-state index contributed by atoms with van der Waals surface area (Å²) in [6, 6.07) is 15.6. The van der Waals surface area contributed by atoms with E-state index in [0.717, 1.165) is 33.3 Å². The molecule has 0 spiro atoms. The van der Waals surface area contributed by atoms with Crippen LogP contribution in [0.3, 0.4) is 0 Å². The van der Waals surface area contributed by atoms with E-state index in [0.29, 0.717) is 19.3 Å². The van der Waals surface area contributed by atoms with Crippen molar-refractivity contribution in [2.75, 3.05) is 33.8 Å². The van der Waals surface area contributed by atoms with Gasteiger partial charge in [-0.3, -0.25) is 4.90 Å². The Morgan fingerprint density at radius 2 is 1.68 bits per heavy atom. The molecular weight excluding hydrogens is 567 g/mol. The Labute approximate surface area is 214 Å². The maximum atomic E-state index is 6.46. The first-order valence-corrected chi connectivity index (χ1v) is 11.8. The molecule has 0 aliphatic carbocycles. The zero-order valence-corrected chi connectivity index (χ0v) is 22.6. The molecule has 2 aromatic rings. The van der Waals surface area contributed by atoms with Gasteiger partial charge in [-0.25, -0.2) is 0 Å². The summed E-state index contributed by atoms with van der Waals surface area (Å²) in [5.74, 6) is 0.997. The minimum absolute atomic E-state index is 0. The van der Waals surface area contributed by atoms with E-state index in [1.54, 1.807) is 0 Å². The lowest BCUT2D eigenvalue weighted by atomic mass is 9.93. The number of likely N-dealkylation sites (tertiary alicyclic amines) is 1. The molecule has 0 bridgehead atoms. The van der Waals surface area contributed by atoms with Gasteiger partial charge >= 0.3 is 0 Å². The molecule has 2 aliphatic heterocycles. The molecule has 1 fully saturated rings. The van der Waals surface area contributed by atoms with E-state index in [4.69, 9.17) is 9.47 Å². The van der Waals surface area contributed by atoms with Gasteiger partial charge in [0.1, 0.15) is 18.5 Å². The van der Waals surface area contributed by atoms with Crippen LogP contribution in [0.2, 0.25) is 0 Å². The fourth-order valence-electron chi connectivity index (χ4n) is 4.47. The minimum Gasteiger partial charge on any atom is -0.490 e. The summed E-state index contributed by atoms with van der Waals surface area (Å²) in [4.78, 5) is 4.96. The number of para-hydroxylation sites is 1. The fraction of sp³-hybridized carbons (Fsp3) is 0.478. The number of halogens is 4. The molecule has 31 heavy (non-hydrogen) atoms. The van der Waals surface area contributed by atoms with Crippen molar-refractivity contribution in [3.05, 3.63) is 62.5 Å². The zero-order chi connectivity index (χ0) is 20.4. The highest BCUT2D eigenvalue weighted by Crippen LogP contribution is 2.39. The quantitative estimate of drug-likeness (QED) is 0.416. The van der Waals surface area contributed by atoms with Crippen LogP contribution in [0.4, 0.5) is 0 Å². The largest absolute Gasteiger partial charge is 0.490 e. The average Bonchev–Trinajstić information content (AvgIpc) is 2.71. The molecule has 8 heteroatoms. The summed E-state index contributed by atoms with van der Waals surface area (Å²) in [6.45, 7) is 3.33. The highest BCUT2D eigenvalue weighted by Gasteiger charge is 2.37. The summed E-state index contributed by atoms with van der Waals surface area (Å²) in [7, 11) is 4.37. The predicted molar refractivity (Wildman–Crippen MR) is 138 cm³/mol. The Bertz CT molecular complexity index is 828. The first kappa shape index (κ1) is 26.9. The van der Waals surface area contributed by atoms with Gasteiger partial charge in [-0.15, -0.1) is 24.8 Å². The Kier molecular flexibility index (Phi) is 10.6. The van der Waals surface area contributed by atoms with Crippen molar-refractivity contribution < 1.29 is 9.47 Å². The number of hydrogen-bond acceptors (Lipinski definition) is 4. The Morgan fingerprint density at radius 3 is 2.32 bits per heavy atom. The summed E-state index contributed by atoms with van der Waals surface area (Å²) in [6.07, 6.45) is 2.40. The molecule has 0 amide bonds. The minimum atomic E-state index is 0. The van der Waals surface area contributed by atoms with Gasteiger partial charge in [0.2, 0.25) is 0 Å². The third-order valence-corrected chi connectivity index (χ3v) is 6.92. The average molecular weight is 597 g/mol. The smallest absolute Gasteiger partial charge is 0.124 e. The van der Waals surface area contributed by atoms with Crippen molar-refractivity contribution in [1.29, 1.82) is 0 Å². The Morgan fingerprint density at radius 1 is 1.03 bits per heavy atom. The topological polar surface area (TPSA) is 24.9 Å². The van der Waals surface area contributed by atoms with Crippen molar-refractivity contribution in [3.8, 4) is 5.75 Å². The van der Waals surface area contributed by atoms with E-state index < -0.39 is 0 Å². The lowest BCUT2D eigenvalue weighted by molar-refractivity contribution is -0.0667. The van der Waals surface area contributed by atoms with E-state index in [9.17, 15) is 0 Å². The number of benzene rings is 2. The molecule has 0 unspecified atom stereocenters. The van der Waals surface area contributed by atoms with Gasteiger partial charge in [0.15, 0.2) is 0 Å². The standard InChI is InChI=1S/C23H28Br2N2O2.2ClH/c1-26(2)19-7-9-27(10-8-19)23-20-5-3-4-6-21(20)29-15-22(23)28-14-16-11-17(24)13-18(25)12-16;;/h3-6,11-13,19,22-23H,7-10,14-15H2,1-2H3;2*1H/t22-,23-;;/m1../s1. The predicted octanol–water partition coefficient (Wildman–Crippen LogP) is 6.10. The van der Waals surface area contributed by atoms with Crippen molar-refractivity contribution in [2.24, 2.45) is 0 Å². The molecule has 172 valence electrons. The van der Waals surface area contributed by atoms with E-state index >= 15 is 0 Å². The van der Waals surface area contributed by atoms with Crippen LogP contribution < -0.4 is 4.74 Å². The summed E-state index contributed by atoms with van der Waals surface area (Å²) >= 11 is 7.14. The van der Waals surface area contributed by atoms with Gasteiger partial charge in [0.25, 0.3) is 0 Å². The van der Waals surface area contributed by atoms with Crippen molar-refractivity contribution in [2.45, 2.75) is 37.6 Å². The number of fused-ring (bicyclic) bond motifs is 1. The monoisotopic (exact) mass is 594 g/mol. The molecule has 0 radical (unpaired) electrons. The van der Waals surface area contributed by atoms with Crippen molar-refractivity contribution in [1.82, 2.24) is 9.80 Å². The maximum Gasteiger partial charge on any atom is 0.124 e.